The minimum atomic E-state index is -3.53. The number of piperazine rings is 1. The quantitative estimate of drug-likeness (QED) is 0.845. The molecule has 2 saturated heterocycles. The lowest BCUT2D eigenvalue weighted by molar-refractivity contribution is -0.121. The summed E-state index contributed by atoms with van der Waals surface area (Å²) in [5, 5.41) is 2.88. The molecule has 0 aromatic carbocycles. The van der Waals surface area contributed by atoms with Gasteiger partial charge in [0.2, 0.25) is 5.91 Å². The zero-order valence-electron chi connectivity index (χ0n) is 12.9. The van der Waals surface area contributed by atoms with Crippen molar-refractivity contribution >= 4 is 38.9 Å². The lowest BCUT2D eigenvalue weighted by Gasteiger charge is -2.48. The molecule has 3 heterocycles. The first-order chi connectivity index (χ1) is 10.8. The van der Waals surface area contributed by atoms with Crippen LogP contribution in [0.5, 0.6) is 0 Å². The van der Waals surface area contributed by atoms with Gasteiger partial charge in [-0.3, -0.25) is 9.69 Å². The molecule has 1 amide bonds. The molecule has 1 atom stereocenters. The van der Waals surface area contributed by atoms with Gasteiger partial charge in [0.25, 0.3) is 10.0 Å². The van der Waals surface area contributed by atoms with Crippen LogP contribution in [0.4, 0.5) is 0 Å². The molecule has 1 aromatic rings. The fourth-order valence-corrected chi connectivity index (χ4v) is 6.48. The molecular weight excluding hydrogens is 358 g/mol. The molecule has 0 saturated carbocycles. The molecule has 1 spiro atoms. The van der Waals surface area contributed by atoms with Gasteiger partial charge in [-0.1, -0.05) is 11.6 Å². The van der Waals surface area contributed by atoms with E-state index in [2.05, 4.69) is 10.2 Å². The molecule has 1 aromatic heterocycles. The summed E-state index contributed by atoms with van der Waals surface area (Å²) in [6, 6.07) is 3.17. The van der Waals surface area contributed by atoms with Crippen LogP contribution in [0.1, 0.15) is 19.3 Å². The summed E-state index contributed by atoms with van der Waals surface area (Å²) < 4.78 is 28.0. The highest BCUT2D eigenvalue weighted by Crippen LogP contribution is 2.34. The van der Waals surface area contributed by atoms with Crippen molar-refractivity contribution in [3.63, 3.8) is 0 Å². The van der Waals surface area contributed by atoms with Crippen molar-refractivity contribution in [1.82, 2.24) is 14.5 Å². The maximum absolute atomic E-state index is 12.9. The standard InChI is InChI=1S/C14H20ClN3O3S2/c1-17-8-9-18(23(20,21)13-3-2-11(15)22-13)10-14(17)5-4-12(19)16-7-6-14/h2-3H,4-10H2,1H3,(H,16,19)/t14-/m0/s1. The Morgan fingerprint density at radius 2 is 2.09 bits per heavy atom. The zero-order chi connectivity index (χ0) is 16.7. The van der Waals surface area contributed by atoms with Gasteiger partial charge < -0.3 is 5.32 Å². The Balaban J connectivity index is 1.86. The van der Waals surface area contributed by atoms with Crippen LogP contribution in [-0.2, 0) is 14.8 Å². The fraction of sp³-hybridized carbons (Fsp3) is 0.643. The number of amides is 1. The Bertz CT molecular complexity index is 706. The second-order valence-electron chi connectivity index (χ2n) is 6.14. The van der Waals surface area contributed by atoms with Crippen LogP contribution < -0.4 is 5.32 Å². The number of rotatable bonds is 2. The molecule has 23 heavy (non-hydrogen) atoms. The van der Waals surface area contributed by atoms with Crippen LogP contribution in [0.25, 0.3) is 0 Å². The molecule has 1 N–H and O–H groups in total. The van der Waals surface area contributed by atoms with E-state index in [-0.39, 0.29) is 15.7 Å². The summed E-state index contributed by atoms with van der Waals surface area (Å²) in [6.07, 6.45) is 1.86. The minimum absolute atomic E-state index is 0.0419. The summed E-state index contributed by atoms with van der Waals surface area (Å²) in [7, 11) is -1.51. The molecule has 9 heteroatoms. The normalized spacial score (nSPS) is 27.8. The number of halogens is 1. The first-order valence-electron chi connectivity index (χ1n) is 7.57. The van der Waals surface area contributed by atoms with E-state index in [0.717, 1.165) is 17.8 Å². The third-order valence-corrected chi connectivity index (χ3v) is 8.38. The third-order valence-electron chi connectivity index (χ3n) is 4.84. The van der Waals surface area contributed by atoms with E-state index < -0.39 is 10.0 Å². The smallest absolute Gasteiger partial charge is 0.252 e. The van der Waals surface area contributed by atoms with Crippen molar-refractivity contribution < 1.29 is 13.2 Å². The molecule has 0 unspecified atom stereocenters. The predicted octanol–water partition coefficient (Wildman–Crippen LogP) is 1.38. The first-order valence-corrected chi connectivity index (χ1v) is 10.2. The highest BCUT2D eigenvalue weighted by atomic mass is 35.5. The van der Waals surface area contributed by atoms with Crippen LogP contribution >= 0.6 is 22.9 Å². The van der Waals surface area contributed by atoms with Crippen molar-refractivity contribution in [2.24, 2.45) is 0 Å². The number of sulfonamides is 1. The average Bonchev–Trinajstić information content (AvgIpc) is 2.86. The summed E-state index contributed by atoms with van der Waals surface area (Å²) in [5.41, 5.74) is -0.286. The van der Waals surface area contributed by atoms with E-state index in [1.807, 2.05) is 7.05 Å². The van der Waals surface area contributed by atoms with Crippen molar-refractivity contribution in [2.75, 3.05) is 33.2 Å². The second kappa shape index (κ2) is 6.33. The second-order valence-corrected chi connectivity index (χ2v) is 10.0. The number of hydrogen-bond acceptors (Lipinski definition) is 5. The molecule has 2 fully saturated rings. The summed E-state index contributed by atoms with van der Waals surface area (Å²) in [5.74, 6) is 0.0419. The van der Waals surface area contributed by atoms with Gasteiger partial charge in [0.15, 0.2) is 0 Å². The molecule has 3 rings (SSSR count). The topological polar surface area (TPSA) is 69.7 Å². The fourth-order valence-electron chi connectivity index (χ4n) is 3.33. The van der Waals surface area contributed by atoms with Crippen LogP contribution in [0.15, 0.2) is 16.3 Å². The number of hydrogen-bond donors (Lipinski definition) is 1. The molecule has 2 aliphatic rings. The Morgan fingerprint density at radius 3 is 2.78 bits per heavy atom. The van der Waals surface area contributed by atoms with E-state index in [4.69, 9.17) is 11.6 Å². The summed E-state index contributed by atoms with van der Waals surface area (Å²) >= 11 is 6.97. The van der Waals surface area contributed by atoms with Crippen LogP contribution in [0.3, 0.4) is 0 Å². The molecule has 128 valence electrons. The number of nitrogens with one attached hydrogen (secondary N) is 1. The largest absolute Gasteiger partial charge is 0.356 e. The minimum Gasteiger partial charge on any atom is -0.356 e. The van der Waals surface area contributed by atoms with Crippen molar-refractivity contribution in [1.29, 1.82) is 0 Å². The van der Waals surface area contributed by atoms with Crippen molar-refractivity contribution in [3.05, 3.63) is 16.5 Å². The van der Waals surface area contributed by atoms with Gasteiger partial charge >= 0.3 is 0 Å². The predicted molar refractivity (Wildman–Crippen MR) is 90.3 cm³/mol. The van der Waals surface area contributed by atoms with E-state index in [1.165, 1.54) is 0 Å². The zero-order valence-corrected chi connectivity index (χ0v) is 15.3. The molecule has 0 radical (unpaired) electrons. The monoisotopic (exact) mass is 377 g/mol. The molecule has 2 aliphatic heterocycles. The maximum Gasteiger partial charge on any atom is 0.252 e. The number of thiophene rings is 1. The van der Waals surface area contributed by atoms with Gasteiger partial charge in [0, 0.05) is 38.1 Å². The highest BCUT2D eigenvalue weighted by molar-refractivity contribution is 7.91. The van der Waals surface area contributed by atoms with Gasteiger partial charge in [-0.15, -0.1) is 11.3 Å². The Hall–Kier alpha value is -0.670. The number of carbonyl (C=O) groups excluding carboxylic acids is 1. The summed E-state index contributed by atoms with van der Waals surface area (Å²) in [4.78, 5) is 13.9. The lowest BCUT2D eigenvalue weighted by Crippen LogP contribution is -2.62. The number of likely N-dealkylation sites (N-methyl/N-ethyl adjacent to an activating group) is 1. The van der Waals surface area contributed by atoms with Gasteiger partial charge in [-0.05, 0) is 32.0 Å². The first kappa shape index (κ1) is 17.2. The van der Waals surface area contributed by atoms with E-state index >= 15 is 0 Å². The van der Waals surface area contributed by atoms with E-state index in [9.17, 15) is 13.2 Å². The van der Waals surface area contributed by atoms with Crippen molar-refractivity contribution in [3.8, 4) is 0 Å². The molecular formula is C14H20ClN3O3S2. The van der Waals surface area contributed by atoms with Gasteiger partial charge in [0.1, 0.15) is 4.21 Å². The average molecular weight is 378 g/mol. The van der Waals surface area contributed by atoms with E-state index in [0.29, 0.717) is 43.4 Å². The van der Waals surface area contributed by atoms with Crippen LogP contribution in [0, 0.1) is 0 Å². The Labute approximate surface area is 145 Å². The van der Waals surface area contributed by atoms with E-state index in [1.54, 1.807) is 16.4 Å². The molecule has 6 nitrogen and oxygen atoms in total. The Kier molecular flexibility index (Phi) is 4.72. The number of carbonyl (C=O) groups is 1. The van der Waals surface area contributed by atoms with Gasteiger partial charge in [0.05, 0.1) is 4.34 Å². The number of nitrogens with zero attached hydrogens (tertiary/aromatic N) is 2. The van der Waals surface area contributed by atoms with Gasteiger partial charge in [-0.25, -0.2) is 8.42 Å². The SMILES string of the molecule is CN1CCN(S(=O)(=O)c2ccc(Cl)s2)C[C@]12CCNC(=O)CC2. The van der Waals surface area contributed by atoms with Crippen molar-refractivity contribution in [2.45, 2.75) is 29.0 Å². The molecule has 0 aliphatic carbocycles. The van der Waals surface area contributed by atoms with Gasteiger partial charge in [-0.2, -0.15) is 4.31 Å². The van der Waals surface area contributed by atoms with Crippen LogP contribution in [-0.4, -0.2) is 62.3 Å². The van der Waals surface area contributed by atoms with Crippen LogP contribution in [0.2, 0.25) is 4.34 Å². The maximum atomic E-state index is 12.9. The third kappa shape index (κ3) is 3.28. The Morgan fingerprint density at radius 1 is 1.30 bits per heavy atom. The lowest BCUT2D eigenvalue weighted by atomic mass is 9.87. The highest BCUT2D eigenvalue weighted by Gasteiger charge is 2.44. The summed E-state index contributed by atoms with van der Waals surface area (Å²) in [6.45, 7) is 2.11. The molecule has 0 bridgehead atoms.